The predicted octanol–water partition coefficient (Wildman–Crippen LogP) is 4.89. The Morgan fingerprint density at radius 1 is 0.542 bits per heavy atom. The molecule has 0 fully saturated rings. The van der Waals surface area contributed by atoms with E-state index in [0.717, 1.165) is 12.8 Å². The fourth-order valence-electron chi connectivity index (χ4n) is 3.41. The molecule has 0 spiro atoms. The topological polar surface area (TPSA) is 25.8 Å². The third-order valence-electron chi connectivity index (χ3n) is 5.20. The molecule has 2 heteroatoms. The molecule has 24 heavy (non-hydrogen) atoms. The average Bonchev–Trinajstić information content (AvgIpc) is 2.62. The molecule has 2 nitrogen and oxygen atoms in total. The average molecular weight is 316 g/mol. The van der Waals surface area contributed by atoms with Gasteiger partial charge in [-0.05, 0) is 109 Å². The summed E-state index contributed by atoms with van der Waals surface area (Å²) in [7, 11) is 0. The maximum absolute atomic E-state index is 4.12. The highest BCUT2D eigenvalue weighted by Gasteiger charge is 2.15. The zero-order valence-electron chi connectivity index (χ0n) is 14.9. The van der Waals surface area contributed by atoms with E-state index in [0.29, 0.717) is 0 Å². The van der Waals surface area contributed by atoms with Gasteiger partial charge in [-0.25, -0.2) is 0 Å². The van der Waals surface area contributed by atoms with Crippen LogP contribution in [0, 0.1) is 27.7 Å². The normalized spacial score (nSPS) is 10.8. The quantitative estimate of drug-likeness (QED) is 0.684. The van der Waals surface area contributed by atoms with Crippen molar-refractivity contribution in [3.8, 4) is 0 Å². The number of pyridine rings is 2. The fraction of sp³-hybridized carbons (Fsp3) is 0.273. The Hall–Kier alpha value is -2.48. The number of hydrogen-bond donors (Lipinski definition) is 0. The largest absolute Gasteiger partial charge is 0.265 e. The first-order chi connectivity index (χ1) is 11.6. The van der Waals surface area contributed by atoms with Crippen LogP contribution < -0.4 is 0 Å². The lowest BCUT2D eigenvalue weighted by atomic mass is 9.84. The van der Waals surface area contributed by atoms with Crippen molar-refractivity contribution in [2.24, 2.45) is 0 Å². The zero-order chi connectivity index (χ0) is 17.1. The molecule has 122 valence electrons. The molecule has 0 radical (unpaired) electrons. The molecule has 0 bridgehead atoms. The van der Waals surface area contributed by atoms with Gasteiger partial charge in [-0.3, -0.25) is 9.97 Å². The first-order valence-corrected chi connectivity index (χ1v) is 8.44. The maximum Gasteiger partial charge on any atom is 0.0270 e. The molecule has 0 N–H and O–H groups in total. The van der Waals surface area contributed by atoms with Gasteiger partial charge >= 0.3 is 0 Å². The molecule has 2 aromatic heterocycles. The van der Waals surface area contributed by atoms with Gasteiger partial charge in [0.1, 0.15) is 0 Å². The van der Waals surface area contributed by atoms with E-state index in [1.54, 1.807) is 0 Å². The number of nitrogens with zero attached hydrogens (tertiary/aromatic N) is 2. The van der Waals surface area contributed by atoms with E-state index in [1.165, 1.54) is 44.5 Å². The molecule has 0 atom stereocenters. The standard InChI is InChI=1S/C22H24N2/c1-15-16(2)22(14-20-7-11-24-12-8-20)18(4)17(3)21(15)13-19-5-9-23-10-6-19/h5-12H,13-14H2,1-4H3. The van der Waals surface area contributed by atoms with Gasteiger partial charge in [0.05, 0.1) is 0 Å². The molecule has 0 saturated heterocycles. The van der Waals surface area contributed by atoms with Crippen molar-refractivity contribution in [3.05, 3.63) is 93.6 Å². The van der Waals surface area contributed by atoms with Crippen LogP contribution in [0.25, 0.3) is 0 Å². The minimum atomic E-state index is 0.970. The van der Waals surface area contributed by atoms with E-state index in [1.807, 2.05) is 24.8 Å². The first-order valence-electron chi connectivity index (χ1n) is 8.44. The van der Waals surface area contributed by atoms with Gasteiger partial charge in [0.2, 0.25) is 0 Å². The summed E-state index contributed by atoms with van der Waals surface area (Å²) in [5, 5.41) is 0. The van der Waals surface area contributed by atoms with Crippen LogP contribution >= 0.6 is 0 Å². The van der Waals surface area contributed by atoms with E-state index < -0.39 is 0 Å². The second-order valence-electron chi connectivity index (χ2n) is 6.52. The van der Waals surface area contributed by atoms with Crippen LogP contribution in [0.1, 0.15) is 44.5 Å². The monoisotopic (exact) mass is 316 g/mol. The van der Waals surface area contributed by atoms with Crippen molar-refractivity contribution in [2.75, 3.05) is 0 Å². The Kier molecular flexibility index (Phi) is 4.75. The van der Waals surface area contributed by atoms with Gasteiger partial charge in [-0.1, -0.05) is 0 Å². The van der Waals surface area contributed by atoms with Crippen LogP contribution in [0.15, 0.2) is 49.1 Å². The number of aromatic nitrogens is 2. The third kappa shape index (κ3) is 3.23. The summed E-state index contributed by atoms with van der Waals surface area (Å²) in [5.41, 5.74) is 11.2. The van der Waals surface area contributed by atoms with E-state index in [2.05, 4.69) is 61.9 Å². The minimum Gasteiger partial charge on any atom is -0.265 e. The summed E-state index contributed by atoms with van der Waals surface area (Å²) in [6.07, 6.45) is 9.43. The van der Waals surface area contributed by atoms with Gasteiger partial charge in [0, 0.05) is 24.8 Å². The van der Waals surface area contributed by atoms with Gasteiger partial charge < -0.3 is 0 Å². The number of benzene rings is 1. The molecule has 1 aromatic carbocycles. The Morgan fingerprint density at radius 3 is 1.12 bits per heavy atom. The molecule has 3 rings (SSSR count). The molecule has 2 heterocycles. The zero-order valence-corrected chi connectivity index (χ0v) is 14.9. The summed E-state index contributed by atoms with van der Waals surface area (Å²) in [4.78, 5) is 8.25. The lowest BCUT2D eigenvalue weighted by Crippen LogP contribution is -2.07. The second kappa shape index (κ2) is 6.96. The van der Waals surface area contributed by atoms with Gasteiger partial charge in [0.15, 0.2) is 0 Å². The maximum atomic E-state index is 4.12. The van der Waals surface area contributed by atoms with Crippen molar-refractivity contribution in [3.63, 3.8) is 0 Å². The molecule has 3 aromatic rings. The van der Waals surface area contributed by atoms with E-state index >= 15 is 0 Å². The number of rotatable bonds is 4. The molecular weight excluding hydrogens is 292 g/mol. The van der Waals surface area contributed by atoms with Crippen LogP contribution in [0.5, 0.6) is 0 Å². The molecular formula is C22H24N2. The van der Waals surface area contributed by atoms with E-state index in [9.17, 15) is 0 Å². The summed E-state index contributed by atoms with van der Waals surface area (Å²) in [5.74, 6) is 0. The van der Waals surface area contributed by atoms with Crippen molar-refractivity contribution < 1.29 is 0 Å². The summed E-state index contributed by atoms with van der Waals surface area (Å²) >= 11 is 0. The van der Waals surface area contributed by atoms with Crippen molar-refractivity contribution in [2.45, 2.75) is 40.5 Å². The Bertz CT molecular complexity index is 735. The van der Waals surface area contributed by atoms with E-state index in [-0.39, 0.29) is 0 Å². The lowest BCUT2D eigenvalue weighted by molar-refractivity contribution is 1.02. The van der Waals surface area contributed by atoms with Crippen LogP contribution in [-0.2, 0) is 12.8 Å². The predicted molar refractivity (Wildman–Crippen MR) is 99.5 cm³/mol. The SMILES string of the molecule is Cc1c(C)c(Cc2ccncc2)c(C)c(C)c1Cc1ccncc1. The molecule has 0 amide bonds. The highest BCUT2D eigenvalue weighted by Crippen LogP contribution is 2.30. The van der Waals surface area contributed by atoms with Gasteiger partial charge in [-0.2, -0.15) is 0 Å². The lowest BCUT2D eigenvalue weighted by Gasteiger charge is -2.21. The highest BCUT2D eigenvalue weighted by molar-refractivity contribution is 5.52. The van der Waals surface area contributed by atoms with Crippen molar-refractivity contribution >= 4 is 0 Å². The summed E-state index contributed by atoms with van der Waals surface area (Å²) in [6, 6.07) is 8.42. The van der Waals surface area contributed by atoms with Crippen molar-refractivity contribution in [1.82, 2.24) is 9.97 Å². The third-order valence-corrected chi connectivity index (χ3v) is 5.20. The van der Waals surface area contributed by atoms with Crippen molar-refractivity contribution in [1.29, 1.82) is 0 Å². The number of hydrogen-bond acceptors (Lipinski definition) is 2. The molecule has 0 aliphatic rings. The molecule has 0 aliphatic carbocycles. The second-order valence-corrected chi connectivity index (χ2v) is 6.52. The Labute approximate surface area is 144 Å². The smallest absolute Gasteiger partial charge is 0.0270 e. The van der Waals surface area contributed by atoms with E-state index in [4.69, 9.17) is 0 Å². The highest BCUT2D eigenvalue weighted by atomic mass is 14.6. The minimum absolute atomic E-state index is 0.970. The van der Waals surface area contributed by atoms with Crippen LogP contribution in [0.4, 0.5) is 0 Å². The van der Waals surface area contributed by atoms with Gasteiger partial charge in [-0.15, -0.1) is 0 Å². The fourth-order valence-corrected chi connectivity index (χ4v) is 3.41. The molecule has 0 saturated carbocycles. The first kappa shape index (κ1) is 16.4. The van der Waals surface area contributed by atoms with Gasteiger partial charge in [0.25, 0.3) is 0 Å². The van der Waals surface area contributed by atoms with Crippen LogP contribution in [0.2, 0.25) is 0 Å². The Morgan fingerprint density at radius 2 is 0.833 bits per heavy atom. The Balaban J connectivity index is 2.02. The van der Waals surface area contributed by atoms with Crippen LogP contribution in [0.3, 0.4) is 0 Å². The summed E-state index contributed by atoms with van der Waals surface area (Å²) < 4.78 is 0. The summed E-state index contributed by atoms with van der Waals surface area (Å²) in [6.45, 7) is 9.03. The molecule has 0 aliphatic heterocycles. The van der Waals surface area contributed by atoms with Crippen LogP contribution in [-0.4, -0.2) is 9.97 Å². The molecule has 0 unspecified atom stereocenters.